The Kier molecular flexibility index (Phi) is 3.65. The van der Waals surface area contributed by atoms with Gasteiger partial charge in [-0.15, -0.1) is 5.10 Å². The lowest BCUT2D eigenvalue weighted by Crippen LogP contribution is -2.57. The number of aliphatic hydroxyl groups is 1. The monoisotopic (exact) mass is 266 g/mol. The molecule has 0 bridgehead atoms. The van der Waals surface area contributed by atoms with Crippen molar-refractivity contribution in [1.29, 1.82) is 0 Å². The number of halogens is 3. The maximum absolute atomic E-state index is 12.4. The van der Waals surface area contributed by atoms with E-state index in [1.54, 1.807) is 0 Å². The number of carbonyl (C=O) groups excluding carboxylic acids is 1. The van der Waals surface area contributed by atoms with E-state index in [-0.39, 0.29) is 5.69 Å². The summed E-state index contributed by atoms with van der Waals surface area (Å²) < 4.78 is 38.3. The first-order valence-corrected chi connectivity index (χ1v) is 4.97. The molecule has 9 heteroatoms. The summed E-state index contributed by atoms with van der Waals surface area (Å²) in [6, 6.07) is 0. The zero-order valence-electron chi connectivity index (χ0n) is 9.99. The largest absolute Gasteiger partial charge is 0.416 e. The van der Waals surface area contributed by atoms with Gasteiger partial charge in [-0.05, 0) is 13.8 Å². The van der Waals surface area contributed by atoms with Crippen molar-refractivity contribution in [3.8, 4) is 0 Å². The second kappa shape index (κ2) is 4.56. The summed E-state index contributed by atoms with van der Waals surface area (Å²) in [7, 11) is 1.43. The Bertz CT molecular complexity index is 441. The standard InChI is InChI=1S/C9H13F3N4O2/c1-8(2,7(18)9(10,11)12)14-6(17)5-4-13-15-16(5)3/h4,7,18H,1-3H3,(H,14,17). The van der Waals surface area contributed by atoms with Crippen LogP contribution in [0.15, 0.2) is 6.20 Å². The molecule has 1 rings (SSSR count). The first-order chi connectivity index (χ1) is 8.05. The third kappa shape index (κ3) is 2.97. The molecule has 6 nitrogen and oxygen atoms in total. The van der Waals surface area contributed by atoms with Crippen molar-refractivity contribution < 1.29 is 23.1 Å². The van der Waals surface area contributed by atoms with Crippen LogP contribution in [0.2, 0.25) is 0 Å². The van der Waals surface area contributed by atoms with Gasteiger partial charge in [0.1, 0.15) is 5.69 Å². The molecule has 1 aromatic heterocycles. The second-order valence-electron chi connectivity index (χ2n) is 4.36. The number of aromatic nitrogens is 3. The summed E-state index contributed by atoms with van der Waals surface area (Å²) in [4.78, 5) is 11.7. The van der Waals surface area contributed by atoms with Gasteiger partial charge in [0.2, 0.25) is 0 Å². The van der Waals surface area contributed by atoms with E-state index in [0.29, 0.717) is 0 Å². The molecule has 1 heterocycles. The molecule has 2 N–H and O–H groups in total. The van der Waals surface area contributed by atoms with Gasteiger partial charge < -0.3 is 10.4 Å². The lowest BCUT2D eigenvalue weighted by atomic mass is 9.96. The summed E-state index contributed by atoms with van der Waals surface area (Å²) in [5, 5.41) is 18.2. The molecular weight excluding hydrogens is 253 g/mol. The maximum atomic E-state index is 12.4. The number of alkyl halides is 3. The number of amides is 1. The van der Waals surface area contributed by atoms with Gasteiger partial charge in [0.25, 0.3) is 5.91 Å². The van der Waals surface area contributed by atoms with E-state index >= 15 is 0 Å². The third-order valence-corrected chi connectivity index (χ3v) is 2.38. The van der Waals surface area contributed by atoms with E-state index in [2.05, 4.69) is 15.6 Å². The van der Waals surface area contributed by atoms with Crippen molar-refractivity contribution in [3.05, 3.63) is 11.9 Å². The zero-order valence-corrected chi connectivity index (χ0v) is 9.99. The van der Waals surface area contributed by atoms with Crippen LogP contribution in [0.4, 0.5) is 13.2 Å². The lowest BCUT2D eigenvalue weighted by Gasteiger charge is -2.32. The SMILES string of the molecule is Cn1nncc1C(=O)NC(C)(C)C(O)C(F)(F)F. The molecule has 0 saturated heterocycles. The molecule has 1 atom stereocenters. The quantitative estimate of drug-likeness (QED) is 0.821. The van der Waals surface area contributed by atoms with Gasteiger partial charge in [-0.3, -0.25) is 4.79 Å². The van der Waals surface area contributed by atoms with E-state index < -0.39 is 23.7 Å². The van der Waals surface area contributed by atoms with E-state index in [1.165, 1.54) is 7.05 Å². The Morgan fingerprint density at radius 2 is 2.06 bits per heavy atom. The van der Waals surface area contributed by atoms with Crippen molar-refractivity contribution in [3.63, 3.8) is 0 Å². The van der Waals surface area contributed by atoms with Crippen LogP contribution in [0.5, 0.6) is 0 Å². The van der Waals surface area contributed by atoms with Crippen LogP contribution in [-0.2, 0) is 7.05 Å². The summed E-state index contributed by atoms with van der Waals surface area (Å²) in [6.07, 6.45) is -6.37. The lowest BCUT2D eigenvalue weighted by molar-refractivity contribution is -0.222. The number of aryl methyl sites for hydroxylation is 1. The van der Waals surface area contributed by atoms with Crippen LogP contribution in [-0.4, -0.2) is 43.8 Å². The predicted octanol–water partition coefficient (Wildman–Crippen LogP) is 0.247. The molecule has 0 radical (unpaired) electrons. The highest BCUT2D eigenvalue weighted by Crippen LogP contribution is 2.28. The average molecular weight is 266 g/mol. The summed E-state index contributed by atoms with van der Waals surface area (Å²) >= 11 is 0. The van der Waals surface area contributed by atoms with Crippen molar-refractivity contribution in [2.45, 2.75) is 31.7 Å². The van der Waals surface area contributed by atoms with Crippen molar-refractivity contribution in [2.24, 2.45) is 7.05 Å². The van der Waals surface area contributed by atoms with Gasteiger partial charge >= 0.3 is 6.18 Å². The van der Waals surface area contributed by atoms with Gasteiger partial charge in [-0.2, -0.15) is 13.2 Å². The Labute approximate surface area is 101 Å². The van der Waals surface area contributed by atoms with Gasteiger partial charge in [0.05, 0.1) is 11.7 Å². The fraction of sp³-hybridized carbons (Fsp3) is 0.667. The Morgan fingerprint density at radius 1 is 1.50 bits per heavy atom. The van der Waals surface area contributed by atoms with E-state index in [4.69, 9.17) is 5.11 Å². The minimum Gasteiger partial charge on any atom is -0.382 e. The molecule has 0 fully saturated rings. The van der Waals surface area contributed by atoms with Gasteiger partial charge in [-0.25, -0.2) is 4.68 Å². The van der Waals surface area contributed by atoms with Crippen molar-refractivity contribution >= 4 is 5.91 Å². The van der Waals surface area contributed by atoms with Gasteiger partial charge in [-0.1, -0.05) is 5.21 Å². The molecule has 0 aliphatic rings. The smallest absolute Gasteiger partial charge is 0.382 e. The van der Waals surface area contributed by atoms with Crippen LogP contribution < -0.4 is 5.32 Å². The highest BCUT2D eigenvalue weighted by Gasteiger charge is 2.48. The topological polar surface area (TPSA) is 80.0 Å². The Morgan fingerprint density at radius 3 is 2.44 bits per heavy atom. The molecule has 1 unspecified atom stereocenters. The number of rotatable bonds is 3. The van der Waals surface area contributed by atoms with Crippen molar-refractivity contribution in [2.75, 3.05) is 0 Å². The summed E-state index contributed by atoms with van der Waals surface area (Å²) in [6.45, 7) is 2.15. The Hall–Kier alpha value is -1.64. The fourth-order valence-electron chi connectivity index (χ4n) is 1.33. The van der Waals surface area contributed by atoms with E-state index in [9.17, 15) is 18.0 Å². The number of nitrogens with zero attached hydrogens (tertiary/aromatic N) is 3. The first-order valence-electron chi connectivity index (χ1n) is 4.97. The van der Waals surface area contributed by atoms with Gasteiger partial charge in [0, 0.05) is 7.05 Å². The minimum atomic E-state index is -4.82. The molecule has 102 valence electrons. The molecule has 1 amide bonds. The Balaban J connectivity index is 2.84. The molecule has 0 aromatic carbocycles. The number of hydrogen-bond acceptors (Lipinski definition) is 4. The van der Waals surface area contributed by atoms with E-state index in [0.717, 1.165) is 24.7 Å². The maximum Gasteiger partial charge on any atom is 0.416 e. The molecule has 1 aromatic rings. The highest BCUT2D eigenvalue weighted by atomic mass is 19.4. The fourth-order valence-corrected chi connectivity index (χ4v) is 1.33. The molecule has 0 saturated carbocycles. The molecular formula is C9H13F3N4O2. The average Bonchev–Trinajstić information content (AvgIpc) is 2.61. The van der Waals surface area contributed by atoms with Crippen LogP contribution >= 0.6 is 0 Å². The molecule has 0 spiro atoms. The van der Waals surface area contributed by atoms with E-state index in [1.807, 2.05) is 0 Å². The number of aliphatic hydroxyl groups excluding tert-OH is 1. The van der Waals surface area contributed by atoms with Gasteiger partial charge in [0.15, 0.2) is 6.10 Å². The molecule has 18 heavy (non-hydrogen) atoms. The van der Waals surface area contributed by atoms with Crippen molar-refractivity contribution in [1.82, 2.24) is 20.3 Å². The minimum absolute atomic E-state index is 0.00236. The van der Waals surface area contributed by atoms with Crippen LogP contribution in [0.1, 0.15) is 24.3 Å². The third-order valence-electron chi connectivity index (χ3n) is 2.38. The summed E-state index contributed by atoms with van der Waals surface area (Å²) in [5.41, 5.74) is -1.86. The number of nitrogens with one attached hydrogen (secondary N) is 1. The second-order valence-corrected chi connectivity index (χ2v) is 4.36. The molecule has 0 aliphatic heterocycles. The summed E-state index contributed by atoms with van der Waals surface area (Å²) in [5.74, 6) is -0.796. The first kappa shape index (κ1) is 14.4. The van der Waals surface area contributed by atoms with Crippen LogP contribution in [0.25, 0.3) is 0 Å². The predicted molar refractivity (Wildman–Crippen MR) is 54.6 cm³/mol. The molecule has 0 aliphatic carbocycles. The van der Waals surface area contributed by atoms with Crippen LogP contribution in [0, 0.1) is 0 Å². The highest BCUT2D eigenvalue weighted by molar-refractivity contribution is 5.92. The number of carbonyl (C=O) groups is 1. The normalized spacial score (nSPS) is 14.4. The van der Waals surface area contributed by atoms with Crippen LogP contribution in [0.3, 0.4) is 0 Å². The zero-order chi connectivity index (χ0) is 14.1. The number of hydrogen-bond donors (Lipinski definition) is 2.